The van der Waals surface area contributed by atoms with Gasteiger partial charge in [0.1, 0.15) is 0 Å². The predicted molar refractivity (Wildman–Crippen MR) is 60.5 cm³/mol. The largest absolute Gasteiger partial charge is 0.277 e. The molecule has 0 N–H and O–H groups in total. The van der Waals surface area contributed by atoms with E-state index >= 15 is 0 Å². The van der Waals surface area contributed by atoms with Gasteiger partial charge in [0.2, 0.25) is 0 Å². The van der Waals surface area contributed by atoms with Crippen molar-refractivity contribution in [3.8, 4) is 0 Å². The van der Waals surface area contributed by atoms with Gasteiger partial charge in [0, 0.05) is 10.0 Å². The SMILES string of the molecule is Cc1ccc(C(=O)N2CCCO2)cc1Br. The summed E-state index contributed by atoms with van der Waals surface area (Å²) in [5.41, 5.74) is 1.78. The van der Waals surface area contributed by atoms with Crippen molar-refractivity contribution < 1.29 is 9.63 Å². The van der Waals surface area contributed by atoms with Crippen molar-refractivity contribution in [2.75, 3.05) is 13.2 Å². The van der Waals surface area contributed by atoms with Crippen LogP contribution in [-0.2, 0) is 4.84 Å². The van der Waals surface area contributed by atoms with Crippen LogP contribution in [0.25, 0.3) is 0 Å². The second kappa shape index (κ2) is 4.33. The van der Waals surface area contributed by atoms with Gasteiger partial charge in [0.05, 0.1) is 13.2 Å². The number of nitrogens with zero attached hydrogens (tertiary/aromatic N) is 1. The average molecular weight is 270 g/mol. The first-order valence-electron chi connectivity index (χ1n) is 4.89. The summed E-state index contributed by atoms with van der Waals surface area (Å²) in [5.74, 6) is -0.0619. The molecule has 0 bridgehead atoms. The summed E-state index contributed by atoms with van der Waals surface area (Å²) in [6.45, 7) is 3.31. The number of carbonyl (C=O) groups is 1. The Morgan fingerprint density at radius 2 is 2.33 bits per heavy atom. The zero-order valence-corrected chi connectivity index (χ0v) is 10.1. The third kappa shape index (κ3) is 2.21. The fourth-order valence-corrected chi connectivity index (χ4v) is 1.86. The molecule has 0 unspecified atom stereocenters. The monoisotopic (exact) mass is 269 g/mol. The lowest BCUT2D eigenvalue weighted by molar-refractivity contribution is -0.0768. The van der Waals surface area contributed by atoms with Crippen LogP contribution in [0.15, 0.2) is 22.7 Å². The van der Waals surface area contributed by atoms with Gasteiger partial charge in [0.25, 0.3) is 5.91 Å². The first-order valence-corrected chi connectivity index (χ1v) is 5.69. The summed E-state index contributed by atoms with van der Waals surface area (Å²) < 4.78 is 0.951. The highest BCUT2D eigenvalue weighted by atomic mass is 79.9. The standard InChI is InChI=1S/C11H12BrNO2/c1-8-3-4-9(7-10(8)12)11(14)13-5-2-6-15-13/h3-4,7H,2,5-6H2,1H3. The molecule has 0 aromatic heterocycles. The zero-order valence-electron chi connectivity index (χ0n) is 8.50. The Morgan fingerprint density at radius 1 is 1.53 bits per heavy atom. The predicted octanol–water partition coefficient (Wildman–Crippen LogP) is 2.54. The van der Waals surface area contributed by atoms with Crippen molar-refractivity contribution in [1.29, 1.82) is 0 Å². The van der Waals surface area contributed by atoms with Gasteiger partial charge < -0.3 is 0 Å². The van der Waals surface area contributed by atoms with Crippen LogP contribution in [0.4, 0.5) is 0 Å². The molecule has 15 heavy (non-hydrogen) atoms. The number of hydroxylamine groups is 2. The van der Waals surface area contributed by atoms with Crippen molar-refractivity contribution in [2.45, 2.75) is 13.3 Å². The fraction of sp³-hybridized carbons (Fsp3) is 0.364. The molecule has 0 saturated carbocycles. The van der Waals surface area contributed by atoms with Crippen molar-refractivity contribution in [3.05, 3.63) is 33.8 Å². The number of amides is 1. The molecule has 1 fully saturated rings. The molecule has 1 aromatic rings. The van der Waals surface area contributed by atoms with E-state index in [0.717, 1.165) is 16.5 Å². The minimum atomic E-state index is -0.0619. The Morgan fingerprint density at radius 3 is 2.93 bits per heavy atom. The molecular weight excluding hydrogens is 258 g/mol. The highest BCUT2D eigenvalue weighted by Crippen LogP contribution is 2.19. The molecule has 2 rings (SSSR count). The molecule has 0 aliphatic carbocycles. The Labute approximate surface area is 97.1 Å². The highest BCUT2D eigenvalue weighted by Gasteiger charge is 2.20. The molecule has 0 atom stereocenters. The van der Waals surface area contributed by atoms with E-state index < -0.39 is 0 Å². The smallest absolute Gasteiger partial charge is 0.271 e. The number of carbonyl (C=O) groups excluding carboxylic acids is 1. The lowest BCUT2D eigenvalue weighted by atomic mass is 10.1. The Bertz CT molecular complexity index is 386. The molecule has 1 aromatic carbocycles. The number of rotatable bonds is 1. The van der Waals surface area contributed by atoms with Gasteiger partial charge in [-0.3, -0.25) is 9.63 Å². The molecule has 80 valence electrons. The third-order valence-electron chi connectivity index (χ3n) is 2.40. The molecule has 1 amide bonds. The molecule has 1 heterocycles. The third-order valence-corrected chi connectivity index (χ3v) is 3.25. The van der Waals surface area contributed by atoms with Crippen LogP contribution in [0.5, 0.6) is 0 Å². The normalized spacial score (nSPS) is 15.7. The lowest BCUT2D eigenvalue weighted by Gasteiger charge is -2.14. The summed E-state index contributed by atoms with van der Waals surface area (Å²) in [6, 6.07) is 5.58. The number of aryl methyl sites for hydroxylation is 1. The Hall–Kier alpha value is -0.870. The molecular formula is C11H12BrNO2. The highest BCUT2D eigenvalue weighted by molar-refractivity contribution is 9.10. The van der Waals surface area contributed by atoms with E-state index in [2.05, 4.69) is 15.9 Å². The van der Waals surface area contributed by atoms with Crippen LogP contribution in [0.1, 0.15) is 22.3 Å². The molecule has 1 aliphatic rings. The molecule has 0 spiro atoms. The van der Waals surface area contributed by atoms with Crippen molar-refractivity contribution in [3.63, 3.8) is 0 Å². The topological polar surface area (TPSA) is 29.5 Å². The zero-order chi connectivity index (χ0) is 10.8. The van der Waals surface area contributed by atoms with E-state index in [0.29, 0.717) is 18.7 Å². The summed E-state index contributed by atoms with van der Waals surface area (Å²) in [4.78, 5) is 17.1. The number of benzene rings is 1. The minimum Gasteiger partial charge on any atom is -0.271 e. The van der Waals surface area contributed by atoms with Gasteiger partial charge in [-0.1, -0.05) is 22.0 Å². The van der Waals surface area contributed by atoms with Gasteiger partial charge >= 0.3 is 0 Å². The van der Waals surface area contributed by atoms with Gasteiger partial charge in [0.15, 0.2) is 0 Å². The van der Waals surface area contributed by atoms with E-state index in [1.807, 2.05) is 25.1 Å². The van der Waals surface area contributed by atoms with Crippen LogP contribution in [-0.4, -0.2) is 24.1 Å². The minimum absolute atomic E-state index is 0.0619. The van der Waals surface area contributed by atoms with Crippen molar-refractivity contribution in [2.24, 2.45) is 0 Å². The van der Waals surface area contributed by atoms with Crippen molar-refractivity contribution >= 4 is 21.8 Å². The lowest BCUT2D eigenvalue weighted by Crippen LogP contribution is -2.26. The molecule has 3 nitrogen and oxygen atoms in total. The van der Waals surface area contributed by atoms with Crippen LogP contribution >= 0.6 is 15.9 Å². The Balaban J connectivity index is 2.21. The first-order chi connectivity index (χ1) is 7.18. The van der Waals surface area contributed by atoms with Gasteiger partial charge in [-0.15, -0.1) is 0 Å². The van der Waals surface area contributed by atoms with Crippen molar-refractivity contribution in [1.82, 2.24) is 5.06 Å². The van der Waals surface area contributed by atoms with E-state index in [1.54, 1.807) is 0 Å². The Kier molecular flexibility index (Phi) is 3.07. The quantitative estimate of drug-likeness (QED) is 0.784. The second-order valence-electron chi connectivity index (χ2n) is 3.56. The molecule has 1 aliphatic heterocycles. The van der Waals surface area contributed by atoms with Gasteiger partial charge in [-0.25, -0.2) is 5.06 Å². The maximum Gasteiger partial charge on any atom is 0.277 e. The number of hydrogen-bond acceptors (Lipinski definition) is 2. The fourth-order valence-electron chi connectivity index (χ4n) is 1.48. The average Bonchev–Trinajstić information content (AvgIpc) is 2.74. The van der Waals surface area contributed by atoms with E-state index in [4.69, 9.17) is 4.84 Å². The first kappa shape index (κ1) is 10.6. The number of halogens is 1. The van der Waals surface area contributed by atoms with E-state index in [9.17, 15) is 4.79 Å². The van der Waals surface area contributed by atoms with E-state index in [1.165, 1.54) is 5.06 Å². The molecule has 1 saturated heterocycles. The maximum atomic E-state index is 11.9. The maximum absolute atomic E-state index is 11.9. The van der Waals surface area contributed by atoms with Crippen LogP contribution in [0.2, 0.25) is 0 Å². The van der Waals surface area contributed by atoms with Crippen LogP contribution < -0.4 is 0 Å². The molecule has 0 radical (unpaired) electrons. The van der Waals surface area contributed by atoms with Crippen LogP contribution in [0, 0.1) is 6.92 Å². The van der Waals surface area contributed by atoms with Gasteiger partial charge in [-0.05, 0) is 31.0 Å². The number of hydrogen-bond donors (Lipinski definition) is 0. The van der Waals surface area contributed by atoms with Gasteiger partial charge in [-0.2, -0.15) is 0 Å². The van der Waals surface area contributed by atoms with E-state index in [-0.39, 0.29) is 5.91 Å². The summed E-state index contributed by atoms with van der Waals surface area (Å²) in [5, 5.41) is 1.43. The molecule has 4 heteroatoms. The summed E-state index contributed by atoms with van der Waals surface area (Å²) in [7, 11) is 0. The summed E-state index contributed by atoms with van der Waals surface area (Å²) in [6.07, 6.45) is 0.915. The summed E-state index contributed by atoms with van der Waals surface area (Å²) >= 11 is 3.41. The second-order valence-corrected chi connectivity index (χ2v) is 4.41. The van der Waals surface area contributed by atoms with Crippen LogP contribution in [0.3, 0.4) is 0 Å².